The first-order chi connectivity index (χ1) is 10.1. The molecule has 5 heteroatoms. The van der Waals surface area contributed by atoms with Crippen LogP contribution >= 0.6 is 11.6 Å². The van der Waals surface area contributed by atoms with Gasteiger partial charge in [-0.15, -0.1) is 11.6 Å². The quantitative estimate of drug-likeness (QED) is 0.640. The number of fused-ring (bicyclic) bond motifs is 1. The van der Waals surface area contributed by atoms with Crippen LogP contribution in [0.25, 0.3) is 0 Å². The Hall–Kier alpha value is -2.07. The highest BCUT2D eigenvalue weighted by atomic mass is 35.5. The third-order valence-corrected chi connectivity index (χ3v) is 3.67. The van der Waals surface area contributed by atoms with E-state index >= 15 is 0 Å². The van der Waals surface area contributed by atoms with Crippen LogP contribution in [-0.2, 0) is 0 Å². The van der Waals surface area contributed by atoms with Gasteiger partial charge in [-0.3, -0.25) is 4.79 Å². The Kier molecular flexibility index (Phi) is 3.80. The van der Waals surface area contributed by atoms with E-state index in [4.69, 9.17) is 21.1 Å². The van der Waals surface area contributed by atoms with Crippen molar-refractivity contribution >= 4 is 17.4 Å². The Bertz CT molecular complexity index is 670. The standard InChI is InChI=1S/C16H12ClFO3/c17-15(10-1-4-12(18)5-2-10)16(19)11-3-6-13-14(9-11)21-8-7-20-13/h1-6,9,15H,7-8H2. The average Bonchev–Trinajstić information content (AvgIpc) is 2.54. The monoisotopic (exact) mass is 306 g/mol. The van der Waals surface area contributed by atoms with Gasteiger partial charge in [-0.1, -0.05) is 12.1 Å². The molecule has 1 aliphatic heterocycles. The van der Waals surface area contributed by atoms with Gasteiger partial charge in [0, 0.05) is 5.56 Å². The highest BCUT2D eigenvalue weighted by Gasteiger charge is 2.22. The topological polar surface area (TPSA) is 35.5 Å². The summed E-state index contributed by atoms with van der Waals surface area (Å²) in [5, 5.41) is -0.867. The van der Waals surface area contributed by atoms with Crippen LogP contribution in [0.15, 0.2) is 42.5 Å². The molecule has 21 heavy (non-hydrogen) atoms. The highest BCUT2D eigenvalue weighted by molar-refractivity contribution is 6.33. The molecule has 0 amide bonds. The second-order valence-electron chi connectivity index (χ2n) is 4.64. The molecule has 1 unspecified atom stereocenters. The third kappa shape index (κ3) is 2.85. The zero-order chi connectivity index (χ0) is 14.8. The molecule has 2 aromatic carbocycles. The van der Waals surface area contributed by atoms with Crippen molar-refractivity contribution in [3.8, 4) is 11.5 Å². The lowest BCUT2D eigenvalue weighted by Crippen LogP contribution is -2.16. The first-order valence-electron chi connectivity index (χ1n) is 6.48. The number of alkyl halides is 1. The summed E-state index contributed by atoms with van der Waals surface area (Å²) in [7, 11) is 0. The fourth-order valence-electron chi connectivity index (χ4n) is 2.13. The third-order valence-electron chi connectivity index (χ3n) is 3.22. The van der Waals surface area contributed by atoms with Crippen LogP contribution in [0.2, 0.25) is 0 Å². The molecule has 1 aliphatic rings. The summed E-state index contributed by atoms with van der Waals surface area (Å²) in [5.41, 5.74) is 0.988. The minimum Gasteiger partial charge on any atom is -0.486 e. The molecular formula is C16H12ClFO3. The van der Waals surface area contributed by atoms with Crippen molar-refractivity contribution < 1.29 is 18.7 Å². The first kappa shape index (κ1) is 13.9. The van der Waals surface area contributed by atoms with E-state index in [1.807, 2.05) is 0 Å². The fourth-order valence-corrected chi connectivity index (χ4v) is 2.40. The number of benzene rings is 2. The molecule has 1 atom stereocenters. The molecule has 3 rings (SSSR count). The molecule has 2 aromatic rings. The van der Waals surface area contributed by atoms with Crippen molar-refractivity contribution in [1.29, 1.82) is 0 Å². The van der Waals surface area contributed by atoms with E-state index in [1.165, 1.54) is 24.3 Å². The Morgan fingerprint density at radius 2 is 1.71 bits per heavy atom. The molecule has 108 valence electrons. The van der Waals surface area contributed by atoms with E-state index in [0.717, 1.165) is 0 Å². The van der Waals surface area contributed by atoms with Crippen LogP contribution in [0.5, 0.6) is 11.5 Å². The summed E-state index contributed by atoms with van der Waals surface area (Å²) in [6.07, 6.45) is 0. The van der Waals surface area contributed by atoms with Gasteiger partial charge in [0.2, 0.25) is 0 Å². The van der Waals surface area contributed by atoms with Gasteiger partial charge < -0.3 is 9.47 Å². The summed E-state index contributed by atoms with van der Waals surface area (Å²) in [5.74, 6) is 0.524. The molecule has 0 bridgehead atoms. The number of rotatable bonds is 3. The highest BCUT2D eigenvalue weighted by Crippen LogP contribution is 2.33. The van der Waals surface area contributed by atoms with E-state index in [1.54, 1.807) is 18.2 Å². The molecular weight excluding hydrogens is 295 g/mol. The van der Waals surface area contributed by atoms with Crippen molar-refractivity contribution in [2.45, 2.75) is 5.38 Å². The van der Waals surface area contributed by atoms with E-state index in [2.05, 4.69) is 0 Å². The number of hydrogen-bond acceptors (Lipinski definition) is 3. The van der Waals surface area contributed by atoms with Gasteiger partial charge in [-0.25, -0.2) is 4.39 Å². The van der Waals surface area contributed by atoms with Crippen LogP contribution in [-0.4, -0.2) is 19.0 Å². The van der Waals surface area contributed by atoms with Crippen LogP contribution in [0.1, 0.15) is 21.3 Å². The molecule has 0 radical (unpaired) electrons. The number of carbonyl (C=O) groups excluding carboxylic acids is 1. The van der Waals surface area contributed by atoms with Crippen LogP contribution in [0, 0.1) is 5.82 Å². The molecule has 0 saturated heterocycles. The molecule has 1 heterocycles. The van der Waals surface area contributed by atoms with Gasteiger partial charge in [0.1, 0.15) is 24.4 Å². The first-order valence-corrected chi connectivity index (χ1v) is 6.92. The Labute approximate surface area is 126 Å². The summed E-state index contributed by atoms with van der Waals surface area (Å²) in [6.45, 7) is 0.945. The number of Topliss-reactive ketones (excluding diaryl/α,β-unsaturated/α-hetero) is 1. The zero-order valence-corrected chi connectivity index (χ0v) is 11.8. The lowest BCUT2D eigenvalue weighted by molar-refractivity contribution is 0.0986. The lowest BCUT2D eigenvalue weighted by atomic mass is 10.0. The molecule has 0 spiro atoms. The van der Waals surface area contributed by atoms with Gasteiger partial charge in [0.25, 0.3) is 0 Å². The second-order valence-corrected chi connectivity index (χ2v) is 5.07. The van der Waals surface area contributed by atoms with Crippen LogP contribution in [0.3, 0.4) is 0 Å². The number of ketones is 1. The maximum absolute atomic E-state index is 12.9. The maximum atomic E-state index is 12.9. The molecule has 0 aliphatic carbocycles. The van der Waals surface area contributed by atoms with Crippen molar-refractivity contribution in [2.75, 3.05) is 13.2 Å². The van der Waals surface area contributed by atoms with E-state index < -0.39 is 5.38 Å². The molecule has 3 nitrogen and oxygen atoms in total. The van der Waals surface area contributed by atoms with Crippen LogP contribution < -0.4 is 9.47 Å². The van der Waals surface area contributed by atoms with Crippen molar-refractivity contribution in [3.63, 3.8) is 0 Å². The SMILES string of the molecule is O=C(c1ccc2c(c1)OCCO2)C(Cl)c1ccc(F)cc1. The minimum atomic E-state index is -0.867. The zero-order valence-electron chi connectivity index (χ0n) is 11.0. The second kappa shape index (κ2) is 5.74. The van der Waals surface area contributed by atoms with E-state index in [0.29, 0.717) is 35.8 Å². The van der Waals surface area contributed by atoms with E-state index in [-0.39, 0.29) is 11.6 Å². The largest absolute Gasteiger partial charge is 0.486 e. The van der Waals surface area contributed by atoms with Gasteiger partial charge in [0.05, 0.1) is 0 Å². The summed E-state index contributed by atoms with van der Waals surface area (Å²) in [6, 6.07) is 10.5. The van der Waals surface area contributed by atoms with Crippen LogP contribution in [0.4, 0.5) is 4.39 Å². The van der Waals surface area contributed by atoms with E-state index in [9.17, 15) is 9.18 Å². The average molecular weight is 307 g/mol. The molecule has 0 saturated carbocycles. The van der Waals surface area contributed by atoms with Gasteiger partial charge in [-0.05, 0) is 35.9 Å². The fraction of sp³-hybridized carbons (Fsp3) is 0.188. The predicted molar refractivity (Wildman–Crippen MR) is 76.8 cm³/mol. The number of ether oxygens (including phenoxy) is 2. The molecule has 0 N–H and O–H groups in total. The predicted octanol–water partition coefficient (Wildman–Crippen LogP) is 3.76. The van der Waals surface area contributed by atoms with Crippen molar-refractivity contribution in [2.24, 2.45) is 0 Å². The number of halogens is 2. The molecule has 0 fully saturated rings. The van der Waals surface area contributed by atoms with Crippen molar-refractivity contribution in [3.05, 3.63) is 59.4 Å². The summed E-state index contributed by atoms with van der Waals surface area (Å²) >= 11 is 6.18. The van der Waals surface area contributed by atoms with Gasteiger partial charge >= 0.3 is 0 Å². The lowest BCUT2D eigenvalue weighted by Gasteiger charge is -2.19. The normalized spacial score (nSPS) is 14.6. The number of carbonyl (C=O) groups is 1. The smallest absolute Gasteiger partial charge is 0.185 e. The summed E-state index contributed by atoms with van der Waals surface area (Å²) < 4.78 is 23.8. The number of hydrogen-bond donors (Lipinski definition) is 0. The van der Waals surface area contributed by atoms with Gasteiger partial charge in [0.15, 0.2) is 17.3 Å². The van der Waals surface area contributed by atoms with Gasteiger partial charge in [-0.2, -0.15) is 0 Å². The maximum Gasteiger partial charge on any atom is 0.185 e. The summed E-state index contributed by atoms with van der Waals surface area (Å²) in [4.78, 5) is 12.4. The molecule has 0 aromatic heterocycles. The Morgan fingerprint density at radius 1 is 1.05 bits per heavy atom. The minimum absolute atomic E-state index is 0.264. The van der Waals surface area contributed by atoms with Crippen molar-refractivity contribution in [1.82, 2.24) is 0 Å². The Balaban J connectivity index is 1.86. The Morgan fingerprint density at radius 3 is 2.43 bits per heavy atom.